The highest BCUT2D eigenvalue weighted by molar-refractivity contribution is 6.05. The zero-order valence-corrected chi connectivity index (χ0v) is 17.2. The van der Waals surface area contributed by atoms with Crippen molar-refractivity contribution in [2.45, 2.75) is 32.7 Å². The molecule has 156 valence electrons. The van der Waals surface area contributed by atoms with Gasteiger partial charge in [0.05, 0.1) is 11.6 Å². The lowest BCUT2D eigenvalue weighted by Crippen LogP contribution is -2.41. The molecule has 3 amide bonds. The van der Waals surface area contributed by atoms with Crippen LogP contribution in [0, 0.1) is 19.3 Å². The first-order valence-electron chi connectivity index (χ1n) is 10.0. The molecule has 1 aliphatic carbocycles. The number of hydrogen-bond acceptors (Lipinski definition) is 4. The van der Waals surface area contributed by atoms with Gasteiger partial charge in [-0.2, -0.15) is 0 Å². The number of nitrogens with one attached hydrogen (secondary N) is 2. The summed E-state index contributed by atoms with van der Waals surface area (Å²) in [5.41, 5.74) is 1.50. The highest BCUT2D eigenvalue weighted by Gasteiger charge is 2.56. The predicted octanol–water partition coefficient (Wildman–Crippen LogP) is 3.06. The van der Waals surface area contributed by atoms with Gasteiger partial charge in [-0.25, -0.2) is 0 Å². The highest BCUT2D eigenvalue weighted by Crippen LogP contribution is 2.53. The second kappa shape index (κ2) is 7.48. The smallest absolute Gasteiger partial charge is 0.259 e. The Morgan fingerprint density at radius 2 is 2.00 bits per heavy atom. The van der Waals surface area contributed by atoms with Gasteiger partial charge in [-0.05, 0) is 57.0 Å². The van der Waals surface area contributed by atoms with Gasteiger partial charge in [0.25, 0.3) is 11.8 Å². The molecule has 1 unspecified atom stereocenters. The van der Waals surface area contributed by atoms with Gasteiger partial charge in [-0.1, -0.05) is 12.6 Å². The Morgan fingerprint density at radius 1 is 1.23 bits per heavy atom. The molecule has 2 aromatic rings. The van der Waals surface area contributed by atoms with Gasteiger partial charge < -0.3 is 20.0 Å². The van der Waals surface area contributed by atoms with E-state index in [1.807, 2.05) is 0 Å². The largest absolute Gasteiger partial charge is 0.466 e. The van der Waals surface area contributed by atoms with E-state index in [0.717, 1.165) is 12.8 Å². The molecule has 30 heavy (non-hydrogen) atoms. The van der Waals surface area contributed by atoms with Crippen LogP contribution in [0.1, 0.15) is 45.1 Å². The fourth-order valence-corrected chi connectivity index (χ4v) is 4.19. The van der Waals surface area contributed by atoms with Crippen LogP contribution in [0.15, 0.2) is 47.4 Å². The summed E-state index contributed by atoms with van der Waals surface area (Å²) in [5, 5.41) is 5.80. The van der Waals surface area contributed by atoms with E-state index in [2.05, 4.69) is 17.2 Å². The third-order valence-corrected chi connectivity index (χ3v) is 5.98. The summed E-state index contributed by atoms with van der Waals surface area (Å²) in [6.07, 6.45) is 3.26. The van der Waals surface area contributed by atoms with Crippen LogP contribution in [-0.2, 0) is 4.79 Å². The Labute approximate surface area is 175 Å². The normalized spacial score (nSPS) is 18.9. The van der Waals surface area contributed by atoms with Crippen molar-refractivity contribution in [3.63, 3.8) is 0 Å². The summed E-state index contributed by atoms with van der Waals surface area (Å²) in [7, 11) is 0. The summed E-state index contributed by atoms with van der Waals surface area (Å²) in [6.45, 7) is 8.13. The first-order chi connectivity index (χ1) is 14.3. The Hall–Kier alpha value is -3.35. The number of carbonyl (C=O) groups excluding carboxylic acids is 3. The molecule has 1 aromatic heterocycles. The molecule has 2 aliphatic rings. The maximum Gasteiger partial charge on any atom is 0.259 e. The van der Waals surface area contributed by atoms with Gasteiger partial charge in [-0.15, -0.1) is 0 Å². The second-order valence-corrected chi connectivity index (χ2v) is 8.18. The second-order valence-electron chi connectivity index (χ2n) is 8.18. The van der Waals surface area contributed by atoms with E-state index in [1.165, 1.54) is 6.08 Å². The van der Waals surface area contributed by atoms with Crippen LogP contribution in [0.25, 0.3) is 0 Å². The molecule has 2 heterocycles. The van der Waals surface area contributed by atoms with Crippen LogP contribution in [-0.4, -0.2) is 41.8 Å². The van der Waals surface area contributed by atoms with E-state index in [-0.39, 0.29) is 29.2 Å². The van der Waals surface area contributed by atoms with Crippen LogP contribution in [0.4, 0.5) is 5.69 Å². The first kappa shape index (κ1) is 19.9. The van der Waals surface area contributed by atoms with Crippen LogP contribution in [0.2, 0.25) is 0 Å². The number of hydrogen-bond donors (Lipinski definition) is 2. The molecule has 1 aliphatic heterocycles. The Bertz CT molecular complexity index is 1030. The Morgan fingerprint density at radius 3 is 2.63 bits per heavy atom. The molecule has 2 N–H and O–H groups in total. The third-order valence-electron chi connectivity index (χ3n) is 5.98. The predicted molar refractivity (Wildman–Crippen MR) is 112 cm³/mol. The molecule has 0 bridgehead atoms. The summed E-state index contributed by atoms with van der Waals surface area (Å²) in [5.74, 6) is 0.622. The van der Waals surface area contributed by atoms with E-state index in [0.29, 0.717) is 41.4 Å². The third kappa shape index (κ3) is 3.75. The van der Waals surface area contributed by atoms with Crippen molar-refractivity contribution in [1.29, 1.82) is 0 Å². The SMILES string of the molecule is C=CC(=O)NC1CN(C(=O)c2cccc(NC(=O)c3cc(C)oc3C)c2)CC12CC2. The van der Waals surface area contributed by atoms with E-state index >= 15 is 0 Å². The molecule has 1 saturated heterocycles. The topological polar surface area (TPSA) is 91.7 Å². The summed E-state index contributed by atoms with van der Waals surface area (Å²) >= 11 is 0. The average molecular weight is 407 g/mol. The minimum Gasteiger partial charge on any atom is -0.466 e. The van der Waals surface area contributed by atoms with Gasteiger partial charge in [0.2, 0.25) is 5.91 Å². The summed E-state index contributed by atoms with van der Waals surface area (Å²) < 4.78 is 5.42. The molecule has 1 spiro atoms. The average Bonchev–Trinajstić information content (AvgIpc) is 3.30. The number of benzene rings is 1. The van der Waals surface area contributed by atoms with Gasteiger partial charge in [0, 0.05) is 29.8 Å². The maximum atomic E-state index is 13.1. The Kier molecular flexibility index (Phi) is 4.97. The summed E-state index contributed by atoms with van der Waals surface area (Å²) in [6, 6.07) is 8.55. The highest BCUT2D eigenvalue weighted by atomic mass is 16.3. The lowest BCUT2D eigenvalue weighted by Gasteiger charge is -2.17. The van der Waals surface area contributed by atoms with Gasteiger partial charge in [-0.3, -0.25) is 14.4 Å². The van der Waals surface area contributed by atoms with E-state index in [1.54, 1.807) is 49.1 Å². The Balaban J connectivity index is 1.47. The maximum absolute atomic E-state index is 13.1. The minimum absolute atomic E-state index is 0.0170. The molecule has 7 nitrogen and oxygen atoms in total. The van der Waals surface area contributed by atoms with Gasteiger partial charge >= 0.3 is 0 Å². The molecular formula is C23H25N3O4. The fraction of sp³-hybridized carbons (Fsp3) is 0.348. The number of nitrogens with zero attached hydrogens (tertiary/aromatic N) is 1. The molecule has 2 fully saturated rings. The fourth-order valence-electron chi connectivity index (χ4n) is 4.19. The molecular weight excluding hydrogens is 382 g/mol. The van der Waals surface area contributed by atoms with Crippen LogP contribution < -0.4 is 10.6 Å². The van der Waals surface area contributed by atoms with Crippen molar-refractivity contribution >= 4 is 23.4 Å². The molecule has 1 atom stereocenters. The molecule has 0 radical (unpaired) electrons. The van der Waals surface area contributed by atoms with Crippen LogP contribution >= 0.6 is 0 Å². The van der Waals surface area contributed by atoms with E-state index in [9.17, 15) is 14.4 Å². The summed E-state index contributed by atoms with van der Waals surface area (Å²) in [4.78, 5) is 39.2. The lowest BCUT2D eigenvalue weighted by atomic mass is 10.0. The molecule has 1 saturated carbocycles. The van der Waals surface area contributed by atoms with Crippen molar-refractivity contribution in [3.8, 4) is 0 Å². The number of anilines is 1. The number of rotatable bonds is 5. The van der Waals surface area contributed by atoms with Gasteiger partial charge in [0.15, 0.2) is 0 Å². The molecule has 4 rings (SSSR count). The van der Waals surface area contributed by atoms with Crippen LogP contribution in [0.3, 0.4) is 0 Å². The number of furan rings is 1. The van der Waals surface area contributed by atoms with Gasteiger partial charge in [0.1, 0.15) is 11.5 Å². The molecule has 1 aromatic carbocycles. The molecule has 7 heteroatoms. The number of likely N-dealkylation sites (tertiary alicyclic amines) is 1. The quantitative estimate of drug-likeness (QED) is 0.745. The standard InChI is InChI=1S/C23H25N3O4/c1-4-20(27)25-19-12-26(13-23(19)8-9-23)22(29)16-6-5-7-17(11-16)24-21(28)18-10-14(2)30-15(18)3/h4-7,10-11,19H,1,8-9,12-13H2,2-3H3,(H,24,28)(H,25,27). The van der Waals surface area contributed by atoms with Crippen molar-refractivity contribution < 1.29 is 18.8 Å². The van der Waals surface area contributed by atoms with Crippen molar-refractivity contribution in [3.05, 3.63) is 65.6 Å². The zero-order chi connectivity index (χ0) is 21.5. The first-order valence-corrected chi connectivity index (χ1v) is 10.0. The van der Waals surface area contributed by atoms with Crippen LogP contribution in [0.5, 0.6) is 0 Å². The van der Waals surface area contributed by atoms with Crippen molar-refractivity contribution in [2.24, 2.45) is 5.41 Å². The van der Waals surface area contributed by atoms with E-state index in [4.69, 9.17) is 4.42 Å². The van der Waals surface area contributed by atoms with E-state index < -0.39 is 0 Å². The number of amides is 3. The monoisotopic (exact) mass is 407 g/mol. The number of aryl methyl sites for hydroxylation is 2. The number of carbonyl (C=O) groups is 3. The minimum atomic E-state index is -0.278. The zero-order valence-electron chi connectivity index (χ0n) is 17.2. The van der Waals surface area contributed by atoms with Crippen molar-refractivity contribution in [1.82, 2.24) is 10.2 Å². The lowest BCUT2D eigenvalue weighted by molar-refractivity contribution is -0.117. The van der Waals surface area contributed by atoms with Crippen molar-refractivity contribution in [2.75, 3.05) is 18.4 Å².